The van der Waals surface area contributed by atoms with Crippen molar-refractivity contribution in [2.24, 2.45) is 0 Å². The van der Waals surface area contributed by atoms with E-state index < -0.39 is 17.7 Å². The van der Waals surface area contributed by atoms with E-state index in [1.807, 2.05) is 19.9 Å². The Labute approximate surface area is 438 Å². The third kappa shape index (κ3) is 11.8. The molecule has 0 spiro atoms. The summed E-state index contributed by atoms with van der Waals surface area (Å²) in [5, 5.41) is 12.3. The van der Waals surface area contributed by atoms with Crippen LogP contribution in [0.15, 0.2) is 48.9 Å². The fourth-order valence-electron chi connectivity index (χ4n) is 10.2. The van der Waals surface area contributed by atoms with Crippen LogP contribution in [0.3, 0.4) is 0 Å². The number of benzene rings is 2. The molecular formula is C54H61Cl2FN6O9S. The fraction of sp³-hybridized carbons (Fsp3) is 0.500. The molecule has 73 heavy (non-hydrogen) atoms. The molecule has 2 aromatic carbocycles. The molecule has 11 rings (SSSR count). The largest absolute Gasteiger partial charge is 0.493 e. The highest BCUT2D eigenvalue weighted by atomic mass is 35.5. The lowest BCUT2D eigenvalue weighted by Crippen LogP contribution is -2.48. The quantitative estimate of drug-likeness (QED) is 0.126. The average Bonchev–Trinajstić information content (AvgIpc) is 4.07. The Morgan fingerprint density at radius 1 is 0.973 bits per heavy atom. The summed E-state index contributed by atoms with van der Waals surface area (Å²) in [5.41, 5.74) is 4.77. The lowest BCUT2D eigenvalue weighted by atomic mass is 9.87. The lowest BCUT2D eigenvalue weighted by molar-refractivity contribution is -0.145. The van der Waals surface area contributed by atoms with Crippen molar-refractivity contribution in [3.63, 3.8) is 0 Å². The van der Waals surface area contributed by atoms with Crippen molar-refractivity contribution in [2.75, 3.05) is 79.4 Å². The second kappa shape index (κ2) is 22.9. The van der Waals surface area contributed by atoms with Crippen molar-refractivity contribution < 1.29 is 47.4 Å². The Morgan fingerprint density at radius 2 is 1.81 bits per heavy atom. The van der Waals surface area contributed by atoms with Gasteiger partial charge in [0.05, 0.1) is 60.8 Å². The summed E-state index contributed by atoms with van der Waals surface area (Å²) in [6.45, 7) is 10.3. The lowest BCUT2D eigenvalue weighted by Gasteiger charge is -2.35. The Bertz CT molecular complexity index is 2860. The summed E-state index contributed by atoms with van der Waals surface area (Å²) in [4.78, 5) is 38.4. The average molecular weight is 1060 g/mol. The first-order chi connectivity index (χ1) is 35.4. The van der Waals surface area contributed by atoms with Crippen LogP contribution in [0.25, 0.3) is 32.5 Å². The van der Waals surface area contributed by atoms with E-state index in [1.165, 1.54) is 23.2 Å². The molecule has 0 unspecified atom stereocenters. The van der Waals surface area contributed by atoms with Crippen molar-refractivity contribution in [2.45, 2.75) is 95.8 Å². The Balaban J connectivity index is 0.960. The molecule has 2 fully saturated rings. The molecule has 5 aromatic rings. The number of allylic oxidation sites excluding steroid dienone is 4. The molecule has 2 saturated heterocycles. The summed E-state index contributed by atoms with van der Waals surface area (Å²) in [6, 6.07) is 7.13. The number of aliphatic carboxylic acids is 1. The molecule has 1 N–H and O–H groups in total. The van der Waals surface area contributed by atoms with Gasteiger partial charge in [0.25, 0.3) is 0 Å². The standard InChI is InChI=1S/C54H61Cl2FN6O9S/c1-32-43-33(2)47(56)48(46(32)55)71-39(26-63-19-17-62(3)18-20-63)13-21-68-38-8-9-41(36(24-38)25-42(53(64)65)72-51-45-44(43)49(34-6-4-5-7-34)73-52(45)60-31-59-51)70-27-37-12-16-58-50(61-37)35-10-14-54(57,15-11-35)30-67-29-40-28-66-22-23-69-40/h6,8-10,12,16,24,31,39-40,42H,4-5,7,11,13-15,17-23,25-30H2,1-3H3,(H,64,65)/t39-,40+,42+,54-/m0/s1. The van der Waals surface area contributed by atoms with Gasteiger partial charge in [-0.2, -0.15) is 0 Å². The molecule has 2 aliphatic carbocycles. The van der Waals surface area contributed by atoms with Crippen LogP contribution in [0.5, 0.6) is 23.1 Å². The van der Waals surface area contributed by atoms with Gasteiger partial charge in [-0.15, -0.1) is 11.3 Å². The molecule has 0 saturated carbocycles. The van der Waals surface area contributed by atoms with Gasteiger partial charge < -0.3 is 43.2 Å². The predicted octanol–water partition coefficient (Wildman–Crippen LogP) is 9.78. The Morgan fingerprint density at radius 3 is 2.55 bits per heavy atom. The maximum Gasteiger partial charge on any atom is 0.345 e. The number of ether oxygens (including phenoxy) is 7. The maximum absolute atomic E-state index is 15.8. The van der Waals surface area contributed by atoms with Gasteiger partial charge in [-0.1, -0.05) is 35.4 Å². The molecule has 7 heterocycles. The Hall–Kier alpha value is -4.98. The minimum Gasteiger partial charge on any atom is -0.493 e. The molecule has 15 nitrogen and oxygen atoms in total. The molecule has 388 valence electrons. The number of likely N-dealkylation sites (N-methyl/N-ethyl adjacent to an activating group) is 1. The SMILES string of the molecule is Cc1c(Cl)c2c(Cl)c(C)c1-c1c(C3=CCCC3)sc3ncnc(c13)O[C@@H](C(=O)O)Cc1cc(ccc1OCc1ccnc(C3=CC[C@@](F)(COC[C@H]4COCCO4)CC3)n1)OCC[C@@H](CN1CCN(C)CC1)O2. The number of alkyl halides is 1. The van der Waals surface area contributed by atoms with Crippen LogP contribution in [0.1, 0.15) is 78.0 Å². The summed E-state index contributed by atoms with van der Waals surface area (Å²) >= 11 is 16.3. The third-order valence-corrected chi connectivity index (χ3v) is 16.4. The topological polar surface area (TPSA) is 160 Å². The van der Waals surface area contributed by atoms with Crippen molar-refractivity contribution in [3.8, 4) is 34.3 Å². The van der Waals surface area contributed by atoms with Crippen LogP contribution >= 0.6 is 34.5 Å². The zero-order valence-corrected chi connectivity index (χ0v) is 43.8. The molecule has 0 amide bonds. The van der Waals surface area contributed by atoms with Crippen molar-refractivity contribution in [1.82, 2.24) is 29.7 Å². The number of carbonyl (C=O) groups is 1. The van der Waals surface area contributed by atoms with Crippen LogP contribution in [0, 0.1) is 13.8 Å². The van der Waals surface area contributed by atoms with Crippen LogP contribution in [-0.2, 0) is 32.0 Å². The first-order valence-electron chi connectivity index (χ1n) is 25.2. The number of thiophene rings is 1. The molecule has 6 aliphatic rings. The molecule has 4 bridgehead atoms. The number of halogens is 3. The maximum atomic E-state index is 15.8. The van der Waals surface area contributed by atoms with Gasteiger partial charge in [-0.05, 0) is 105 Å². The van der Waals surface area contributed by atoms with Gasteiger partial charge in [-0.25, -0.2) is 29.1 Å². The summed E-state index contributed by atoms with van der Waals surface area (Å²) < 4.78 is 59.0. The third-order valence-electron chi connectivity index (χ3n) is 14.3. The first kappa shape index (κ1) is 51.5. The van der Waals surface area contributed by atoms with E-state index in [4.69, 9.17) is 66.3 Å². The van der Waals surface area contributed by atoms with E-state index in [1.54, 1.807) is 30.5 Å². The number of hydrogen-bond donors (Lipinski definition) is 1. The molecule has 0 radical (unpaired) electrons. The van der Waals surface area contributed by atoms with Gasteiger partial charge in [0.2, 0.25) is 12.0 Å². The number of rotatable bonds is 12. The van der Waals surface area contributed by atoms with E-state index in [0.29, 0.717) is 93.8 Å². The van der Waals surface area contributed by atoms with Crippen molar-refractivity contribution in [1.29, 1.82) is 0 Å². The van der Waals surface area contributed by atoms with Crippen LogP contribution < -0.4 is 18.9 Å². The van der Waals surface area contributed by atoms with Crippen LogP contribution in [0.4, 0.5) is 4.39 Å². The van der Waals surface area contributed by atoms with Gasteiger partial charge in [0.15, 0.2) is 11.6 Å². The van der Waals surface area contributed by atoms with Gasteiger partial charge >= 0.3 is 5.97 Å². The highest BCUT2D eigenvalue weighted by molar-refractivity contribution is 7.20. The minimum atomic E-state index is -1.51. The summed E-state index contributed by atoms with van der Waals surface area (Å²) in [5.74, 6) is 0.769. The number of carboxylic acids is 1. The number of aromatic nitrogens is 4. The van der Waals surface area contributed by atoms with E-state index in [2.05, 4.69) is 32.9 Å². The van der Waals surface area contributed by atoms with E-state index in [-0.39, 0.29) is 63.8 Å². The van der Waals surface area contributed by atoms with Crippen molar-refractivity contribution >= 4 is 61.9 Å². The summed E-state index contributed by atoms with van der Waals surface area (Å²) in [7, 11) is 2.13. The fourth-order valence-corrected chi connectivity index (χ4v) is 11.9. The van der Waals surface area contributed by atoms with Crippen LogP contribution in [0.2, 0.25) is 10.0 Å². The number of nitrogens with zero attached hydrogens (tertiary/aromatic N) is 6. The van der Waals surface area contributed by atoms with E-state index >= 15 is 4.39 Å². The van der Waals surface area contributed by atoms with E-state index in [9.17, 15) is 9.90 Å². The number of piperazine rings is 1. The van der Waals surface area contributed by atoms with Crippen molar-refractivity contribution in [3.05, 3.63) is 92.1 Å². The second-order valence-corrected chi connectivity index (χ2v) is 21.4. The zero-order valence-electron chi connectivity index (χ0n) is 41.4. The number of hydrogen-bond acceptors (Lipinski definition) is 15. The smallest absolute Gasteiger partial charge is 0.345 e. The molecule has 3 aromatic heterocycles. The molecular weight excluding hydrogens is 999 g/mol. The molecule has 4 aliphatic heterocycles. The Kier molecular flexibility index (Phi) is 16.1. The molecule has 19 heteroatoms. The molecule has 4 atom stereocenters. The van der Waals surface area contributed by atoms with Crippen LogP contribution in [-0.4, -0.2) is 144 Å². The highest BCUT2D eigenvalue weighted by Gasteiger charge is 2.35. The van der Waals surface area contributed by atoms with Gasteiger partial charge in [0.1, 0.15) is 47.1 Å². The minimum absolute atomic E-state index is 0.0344. The zero-order chi connectivity index (χ0) is 50.6. The number of carboxylic acid groups (broad SMARTS) is 1. The van der Waals surface area contributed by atoms with E-state index in [0.717, 1.165) is 78.1 Å². The number of fused-ring (bicyclic) bond motifs is 8. The monoisotopic (exact) mass is 1060 g/mol. The second-order valence-electron chi connectivity index (χ2n) is 19.6. The highest BCUT2D eigenvalue weighted by Crippen LogP contribution is 2.53. The predicted molar refractivity (Wildman–Crippen MR) is 278 cm³/mol. The van der Waals surface area contributed by atoms with Gasteiger partial charge in [0, 0.05) is 74.2 Å². The summed E-state index contributed by atoms with van der Waals surface area (Å²) in [6.07, 6.45) is 9.31. The van der Waals surface area contributed by atoms with Gasteiger partial charge in [-0.3, -0.25) is 4.90 Å². The normalized spacial score (nSPS) is 23.2. The first-order valence-corrected chi connectivity index (χ1v) is 26.7.